The number of nitrogens with zero attached hydrogens (tertiary/aromatic N) is 1. The highest BCUT2D eigenvalue weighted by Gasteiger charge is 2.20. The first-order valence-electron chi connectivity index (χ1n) is 8.10. The van der Waals surface area contributed by atoms with Crippen LogP contribution in [0.25, 0.3) is 0 Å². The zero-order chi connectivity index (χ0) is 14.9. The molecule has 1 aliphatic rings. The lowest BCUT2D eigenvalue weighted by Crippen LogP contribution is -2.41. The summed E-state index contributed by atoms with van der Waals surface area (Å²) in [6.07, 6.45) is 2.14. The highest BCUT2D eigenvalue weighted by atomic mass is 16.5. The predicted molar refractivity (Wildman–Crippen MR) is 87.3 cm³/mol. The minimum atomic E-state index is 0.458. The molecule has 4 heteroatoms. The average molecular weight is 292 g/mol. The third kappa shape index (κ3) is 4.90. The average Bonchev–Trinajstić information content (AvgIpc) is 2.73. The molecule has 0 saturated heterocycles. The van der Waals surface area contributed by atoms with E-state index in [-0.39, 0.29) is 0 Å². The molecule has 1 aromatic rings. The van der Waals surface area contributed by atoms with Gasteiger partial charge in [-0.2, -0.15) is 0 Å². The summed E-state index contributed by atoms with van der Waals surface area (Å²) in [5.41, 5.74) is 1.22. The fraction of sp³-hybridized carbons (Fsp3) is 0.647. The SMILES string of the molecule is CCOCCCNCC(C)N1CCCOc2ccccc21. The van der Waals surface area contributed by atoms with E-state index in [0.29, 0.717) is 6.04 Å². The van der Waals surface area contributed by atoms with E-state index in [4.69, 9.17) is 9.47 Å². The van der Waals surface area contributed by atoms with E-state index in [1.807, 2.05) is 13.0 Å². The molecule has 118 valence electrons. The molecule has 1 aliphatic heterocycles. The molecule has 0 fully saturated rings. The van der Waals surface area contributed by atoms with E-state index in [0.717, 1.165) is 58.0 Å². The summed E-state index contributed by atoms with van der Waals surface area (Å²) in [6.45, 7) is 9.82. The fourth-order valence-electron chi connectivity index (χ4n) is 2.68. The van der Waals surface area contributed by atoms with E-state index in [1.165, 1.54) is 5.69 Å². The molecule has 2 rings (SSSR count). The van der Waals surface area contributed by atoms with E-state index in [2.05, 4.69) is 35.3 Å². The predicted octanol–water partition coefficient (Wildman–Crippen LogP) is 2.68. The van der Waals surface area contributed by atoms with Crippen molar-refractivity contribution in [2.45, 2.75) is 32.7 Å². The van der Waals surface area contributed by atoms with Gasteiger partial charge in [-0.05, 0) is 45.4 Å². The topological polar surface area (TPSA) is 33.7 Å². The largest absolute Gasteiger partial charge is 0.491 e. The van der Waals surface area contributed by atoms with Gasteiger partial charge in [-0.1, -0.05) is 12.1 Å². The van der Waals surface area contributed by atoms with Crippen LogP contribution in [0.5, 0.6) is 5.75 Å². The van der Waals surface area contributed by atoms with Gasteiger partial charge in [0.2, 0.25) is 0 Å². The second kappa shape index (κ2) is 8.90. The van der Waals surface area contributed by atoms with Crippen molar-refractivity contribution in [1.29, 1.82) is 0 Å². The summed E-state index contributed by atoms with van der Waals surface area (Å²) in [6, 6.07) is 8.81. The van der Waals surface area contributed by atoms with E-state index < -0.39 is 0 Å². The zero-order valence-corrected chi connectivity index (χ0v) is 13.3. The van der Waals surface area contributed by atoms with Crippen LogP contribution in [0.4, 0.5) is 5.69 Å². The van der Waals surface area contributed by atoms with Crippen LogP contribution in [0.3, 0.4) is 0 Å². The number of hydrogen-bond donors (Lipinski definition) is 1. The van der Waals surface area contributed by atoms with Gasteiger partial charge in [-0.25, -0.2) is 0 Å². The molecule has 0 spiro atoms. The molecule has 1 aromatic carbocycles. The fourth-order valence-corrected chi connectivity index (χ4v) is 2.68. The summed E-state index contributed by atoms with van der Waals surface area (Å²) in [5, 5.41) is 3.53. The van der Waals surface area contributed by atoms with Crippen molar-refractivity contribution >= 4 is 5.69 Å². The van der Waals surface area contributed by atoms with Crippen LogP contribution in [-0.4, -0.2) is 45.5 Å². The van der Waals surface area contributed by atoms with Crippen molar-refractivity contribution in [3.05, 3.63) is 24.3 Å². The first-order chi connectivity index (χ1) is 10.3. The number of benzene rings is 1. The molecule has 1 unspecified atom stereocenters. The maximum Gasteiger partial charge on any atom is 0.142 e. The summed E-state index contributed by atoms with van der Waals surface area (Å²) in [7, 11) is 0. The number of hydrogen-bond acceptors (Lipinski definition) is 4. The minimum Gasteiger partial charge on any atom is -0.491 e. The number of anilines is 1. The number of fused-ring (bicyclic) bond motifs is 1. The lowest BCUT2D eigenvalue weighted by atomic mass is 10.2. The van der Waals surface area contributed by atoms with Crippen LogP contribution in [0.1, 0.15) is 26.7 Å². The van der Waals surface area contributed by atoms with Crippen LogP contribution < -0.4 is 15.0 Å². The summed E-state index contributed by atoms with van der Waals surface area (Å²) in [5.74, 6) is 1.01. The summed E-state index contributed by atoms with van der Waals surface area (Å²) < 4.78 is 11.2. The molecule has 0 radical (unpaired) electrons. The minimum absolute atomic E-state index is 0.458. The van der Waals surface area contributed by atoms with Gasteiger partial charge in [-0.3, -0.25) is 0 Å². The lowest BCUT2D eigenvalue weighted by Gasteiger charge is -2.30. The Kier molecular flexibility index (Phi) is 6.83. The van der Waals surface area contributed by atoms with Gasteiger partial charge in [0.05, 0.1) is 12.3 Å². The summed E-state index contributed by atoms with van der Waals surface area (Å²) >= 11 is 0. The Balaban J connectivity index is 1.83. The molecule has 4 nitrogen and oxygen atoms in total. The monoisotopic (exact) mass is 292 g/mol. The lowest BCUT2D eigenvalue weighted by molar-refractivity contribution is 0.144. The van der Waals surface area contributed by atoms with E-state index >= 15 is 0 Å². The van der Waals surface area contributed by atoms with E-state index in [1.54, 1.807) is 0 Å². The number of rotatable bonds is 8. The second-order valence-corrected chi connectivity index (χ2v) is 5.47. The Labute approximate surface area is 128 Å². The van der Waals surface area contributed by atoms with Crippen LogP contribution in [0.2, 0.25) is 0 Å². The van der Waals surface area contributed by atoms with Crippen molar-refractivity contribution in [3.8, 4) is 5.75 Å². The number of nitrogens with one attached hydrogen (secondary N) is 1. The van der Waals surface area contributed by atoms with Crippen molar-refractivity contribution in [2.75, 3.05) is 44.4 Å². The molecule has 0 aromatic heterocycles. The Bertz CT molecular complexity index is 412. The molecule has 0 aliphatic carbocycles. The quantitative estimate of drug-likeness (QED) is 0.747. The van der Waals surface area contributed by atoms with Gasteiger partial charge in [0.1, 0.15) is 5.75 Å². The van der Waals surface area contributed by atoms with Crippen molar-refractivity contribution in [2.24, 2.45) is 0 Å². The molecule has 1 heterocycles. The van der Waals surface area contributed by atoms with Crippen LogP contribution in [-0.2, 0) is 4.74 Å². The highest BCUT2D eigenvalue weighted by Crippen LogP contribution is 2.31. The highest BCUT2D eigenvalue weighted by molar-refractivity contribution is 5.59. The first-order valence-corrected chi connectivity index (χ1v) is 8.10. The third-order valence-electron chi connectivity index (χ3n) is 3.79. The number of para-hydroxylation sites is 2. The molecular formula is C17H28N2O2. The van der Waals surface area contributed by atoms with Crippen LogP contribution >= 0.6 is 0 Å². The Hall–Kier alpha value is -1.26. The Morgan fingerprint density at radius 2 is 2.24 bits per heavy atom. The van der Waals surface area contributed by atoms with Gasteiger partial charge in [0.15, 0.2) is 0 Å². The number of ether oxygens (including phenoxy) is 2. The first kappa shape index (κ1) is 16.1. The molecule has 0 saturated carbocycles. The molecule has 0 bridgehead atoms. The van der Waals surface area contributed by atoms with Gasteiger partial charge in [0.25, 0.3) is 0 Å². The maximum atomic E-state index is 5.82. The van der Waals surface area contributed by atoms with Gasteiger partial charge in [0, 0.05) is 32.3 Å². The Morgan fingerprint density at radius 1 is 1.38 bits per heavy atom. The van der Waals surface area contributed by atoms with Gasteiger partial charge in [-0.15, -0.1) is 0 Å². The van der Waals surface area contributed by atoms with Gasteiger partial charge >= 0.3 is 0 Å². The van der Waals surface area contributed by atoms with E-state index in [9.17, 15) is 0 Å². The molecular weight excluding hydrogens is 264 g/mol. The smallest absolute Gasteiger partial charge is 0.142 e. The maximum absolute atomic E-state index is 5.82. The normalized spacial score (nSPS) is 16.0. The molecule has 0 amide bonds. The zero-order valence-electron chi connectivity index (χ0n) is 13.3. The molecule has 21 heavy (non-hydrogen) atoms. The Morgan fingerprint density at radius 3 is 3.10 bits per heavy atom. The van der Waals surface area contributed by atoms with Gasteiger partial charge < -0.3 is 19.7 Å². The van der Waals surface area contributed by atoms with Crippen molar-refractivity contribution in [3.63, 3.8) is 0 Å². The van der Waals surface area contributed by atoms with Crippen molar-refractivity contribution < 1.29 is 9.47 Å². The summed E-state index contributed by atoms with van der Waals surface area (Å²) in [4.78, 5) is 2.46. The third-order valence-corrected chi connectivity index (χ3v) is 3.79. The van der Waals surface area contributed by atoms with Crippen LogP contribution in [0.15, 0.2) is 24.3 Å². The second-order valence-electron chi connectivity index (χ2n) is 5.47. The standard InChI is InChI=1S/C17H28N2O2/c1-3-20-12-6-10-18-14-15(2)19-11-7-13-21-17-9-5-4-8-16(17)19/h4-5,8-9,15,18H,3,6-7,10-14H2,1-2H3. The van der Waals surface area contributed by atoms with Crippen molar-refractivity contribution in [1.82, 2.24) is 5.32 Å². The molecule has 1 N–H and O–H groups in total. The molecule has 1 atom stereocenters. The van der Waals surface area contributed by atoms with Crippen LogP contribution in [0, 0.1) is 0 Å².